The number of hydrogen-bond donors (Lipinski definition) is 1. The number of allylic oxidation sites excluding steroid dienone is 4. The molecule has 3 aliphatic rings. The number of likely N-dealkylation sites (tertiary alicyclic amines) is 1. The number of rotatable bonds is 5. The van der Waals surface area contributed by atoms with Gasteiger partial charge in [-0.25, -0.2) is 8.78 Å². The number of hydrogen-bond acceptors (Lipinski definition) is 4. The SMILES string of the molecule is CCC(F)(F)C1=CC(Cl)=C(N2CCCC(C(=O)Nc3cc(C(C)(C)C)on3)C2)C2CC12. The second kappa shape index (κ2) is 7.91. The minimum atomic E-state index is -2.81. The zero-order chi connectivity index (χ0) is 22.6. The van der Waals surface area contributed by atoms with Crippen LogP contribution in [0.4, 0.5) is 14.6 Å². The quantitative estimate of drug-likeness (QED) is 0.621. The number of alkyl halides is 2. The number of nitrogens with one attached hydrogen (secondary N) is 1. The minimum absolute atomic E-state index is 0.0385. The maximum absolute atomic E-state index is 14.3. The Morgan fingerprint density at radius 3 is 2.74 bits per heavy atom. The number of aromatic nitrogens is 1. The molecule has 0 aromatic carbocycles. The van der Waals surface area contributed by atoms with Crippen LogP contribution in [0, 0.1) is 17.8 Å². The van der Waals surface area contributed by atoms with E-state index in [2.05, 4.69) is 15.4 Å². The molecule has 8 heteroatoms. The van der Waals surface area contributed by atoms with E-state index in [-0.39, 0.29) is 41.1 Å². The van der Waals surface area contributed by atoms with E-state index in [1.165, 1.54) is 13.0 Å². The predicted molar refractivity (Wildman–Crippen MR) is 116 cm³/mol. The summed E-state index contributed by atoms with van der Waals surface area (Å²) < 4.78 is 33.9. The average Bonchev–Trinajstić information content (AvgIpc) is 3.34. The van der Waals surface area contributed by atoms with Crippen molar-refractivity contribution in [2.24, 2.45) is 17.8 Å². The molecule has 2 aliphatic carbocycles. The molecule has 3 atom stereocenters. The van der Waals surface area contributed by atoms with Crippen LogP contribution in [0.3, 0.4) is 0 Å². The topological polar surface area (TPSA) is 58.4 Å². The third-order valence-corrected chi connectivity index (χ3v) is 6.87. The van der Waals surface area contributed by atoms with E-state index < -0.39 is 5.92 Å². The van der Waals surface area contributed by atoms with Gasteiger partial charge in [0, 0.05) is 48.2 Å². The Morgan fingerprint density at radius 1 is 1.35 bits per heavy atom. The summed E-state index contributed by atoms with van der Waals surface area (Å²) in [5, 5.41) is 7.23. The van der Waals surface area contributed by atoms with Crippen LogP contribution in [-0.2, 0) is 10.2 Å². The van der Waals surface area contributed by atoms with E-state index in [1.807, 2.05) is 20.8 Å². The normalized spacial score (nSPS) is 26.5. The highest BCUT2D eigenvalue weighted by Crippen LogP contribution is 2.58. The second-order valence-electron chi connectivity index (χ2n) is 9.94. The standard InChI is InChI=1S/C23H30ClF2N3O2/c1-5-23(25,26)16-10-17(24)20(15-9-14(15)16)29-8-6-7-13(12-29)21(30)27-19-11-18(31-28-19)22(2,3)4/h10-11,13-15H,5-9,12H2,1-4H3,(H,27,28,30). The van der Waals surface area contributed by atoms with Crippen LogP contribution in [0.15, 0.2) is 33.0 Å². The van der Waals surface area contributed by atoms with Gasteiger partial charge in [0.2, 0.25) is 5.91 Å². The number of piperidine rings is 1. The van der Waals surface area contributed by atoms with Crippen LogP contribution in [0.5, 0.6) is 0 Å². The minimum Gasteiger partial charge on any atom is -0.373 e. The first-order chi connectivity index (χ1) is 14.5. The summed E-state index contributed by atoms with van der Waals surface area (Å²) in [4.78, 5) is 15.0. The lowest BCUT2D eigenvalue weighted by Crippen LogP contribution is -2.41. The van der Waals surface area contributed by atoms with Crippen LogP contribution < -0.4 is 5.32 Å². The fraction of sp³-hybridized carbons (Fsp3) is 0.652. The lowest BCUT2D eigenvalue weighted by Gasteiger charge is -2.37. The molecule has 4 rings (SSSR count). The second-order valence-corrected chi connectivity index (χ2v) is 10.3. The van der Waals surface area contributed by atoms with Crippen LogP contribution in [0.2, 0.25) is 0 Å². The summed E-state index contributed by atoms with van der Waals surface area (Å²) in [6, 6.07) is 1.76. The van der Waals surface area contributed by atoms with Gasteiger partial charge in [0.05, 0.1) is 11.0 Å². The van der Waals surface area contributed by atoms with Crippen LogP contribution >= 0.6 is 11.6 Å². The van der Waals surface area contributed by atoms with Gasteiger partial charge in [0.15, 0.2) is 5.82 Å². The van der Waals surface area contributed by atoms with E-state index >= 15 is 0 Å². The lowest BCUT2D eigenvalue weighted by molar-refractivity contribution is -0.121. The van der Waals surface area contributed by atoms with E-state index in [4.69, 9.17) is 16.1 Å². The van der Waals surface area contributed by atoms with Crippen LogP contribution in [0.1, 0.15) is 59.1 Å². The predicted octanol–water partition coefficient (Wildman–Crippen LogP) is 5.69. The summed E-state index contributed by atoms with van der Waals surface area (Å²) in [7, 11) is 0. The van der Waals surface area contributed by atoms with E-state index in [0.29, 0.717) is 29.6 Å². The van der Waals surface area contributed by atoms with Crippen molar-refractivity contribution in [3.05, 3.63) is 34.2 Å². The highest BCUT2D eigenvalue weighted by Gasteiger charge is 2.54. The number of amides is 1. The Kier molecular flexibility index (Phi) is 5.69. The molecule has 2 fully saturated rings. The maximum Gasteiger partial charge on any atom is 0.269 e. The van der Waals surface area contributed by atoms with Crippen molar-refractivity contribution in [2.75, 3.05) is 18.4 Å². The third kappa shape index (κ3) is 4.38. The monoisotopic (exact) mass is 453 g/mol. The zero-order valence-electron chi connectivity index (χ0n) is 18.5. The van der Waals surface area contributed by atoms with Crippen LogP contribution in [-0.4, -0.2) is 35.0 Å². The molecule has 1 amide bonds. The highest BCUT2D eigenvalue weighted by molar-refractivity contribution is 6.31. The number of carbonyl (C=O) groups excluding carboxylic acids is 1. The van der Waals surface area contributed by atoms with Gasteiger partial charge >= 0.3 is 0 Å². The van der Waals surface area contributed by atoms with Gasteiger partial charge in [-0.15, -0.1) is 0 Å². The molecule has 1 saturated heterocycles. The van der Waals surface area contributed by atoms with Crippen molar-refractivity contribution in [1.82, 2.24) is 10.1 Å². The van der Waals surface area contributed by atoms with Crippen molar-refractivity contribution in [3.8, 4) is 0 Å². The maximum atomic E-state index is 14.3. The lowest BCUT2D eigenvalue weighted by atomic mass is 9.92. The molecular formula is C23H30ClF2N3O2. The molecule has 3 unspecified atom stereocenters. The van der Waals surface area contributed by atoms with Crippen LogP contribution in [0.25, 0.3) is 0 Å². The number of nitrogens with zero attached hydrogens (tertiary/aromatic N) is 2. The number of anilines is 1. The molecule has 0 spiro atoms. The molecule has 1 aliphatic heterocycles. The van der Waals surface area contributed by atoms with Gasteiger partial charge in [-0.3, -0.25) is 4.79 Å². The van der Waals surface area contributed by atoms with E-state index in [0.717, 1.165) is 25.1 Å². The number of carbonyl (C=O) groups is 1. The number of fused-ring (bicyclic) bond motifs is 1. The van der Waals surface area contributed by atoms with Gasteiger partial charge < -0.3 is 14.7 Å². The molecular weight excluding hydrogens is 424 g/mol. The summed E-state index contributed by atoms with van der Waals surface area (Å²) in [5.74, 6) is -2.10. The Labute approximate surface area is 186 Å². The highest BCUT2D eigenvalue weighted by atomic mass is 35.5. The van der Waals surface area contributed by atoms with Crippen molar-refractivity contribution in [2.45, 2.75) is 64.7 Å². The molecule has 0 radical (unpaired) electrons. The Morgan fingerprint density at radius 2 is 2.10 bits per heavy atom. The largest absolute Gasteiger partial charge is 0.373 e. The van der Waals surface area contributed by atoms with E-state index in [1.54, 1.807) is 6.07 Å². The molecule has 0 bridgehead atoms. The molecule has 5 nitrogen and oxygen atoms in total. The Hall–Kier alpha value is -1.89. The Bertz CT molecular complexity index is 931. The average molecular weight is 454 g/mol. The van der Waals surface area contributed by atoms with Gasteiger partial charge in [0.25, 0.3) is 5.92 Å². The Balaban J connectivity index is 1.46. The summed E-state index contributed by atoms with van der Waals surface area (Å²) in [6.07, 6.45) is 3.57. The summed E-state index contributed by atoms with van der Waals surface area (Å²) in [5.41, 5.74) is 0.904. The molecule has 170 valence electrons. The molecule has 1 saturated carbocycles. The fourth-order valence-corrected chi connectivity index (χ4v) is 5.01. The summed E-state index contributed by atoms with van der Waals surface area (Å²) >= 11 is 6.50. The van der Waals surface area contributed by atoms with Gasteiger partial charge in [0.1, 0.15) is 5.76 Å². The van der Waals surface area contributed by atoms with E-state index in [9.17, 15) is 13.6 Å². The molecule has 1 aromatic heterocycles. The first kappa shape index (κ1) is 22.3. The smallest absolute Gasteiger partial charge is 0.269 e. The molecule has 1 N–H and O–H groups in total. The third-order valence-electron chi connectivity index (χ3n) is 6.57. The first-order valence-corrected chi connectivity index (χ1v) is 11.4. The van der Waals surface area contributed by atoms with Crippen molar-refractivity contribution < 1.29 is 18.1 Å². The first-order valence-electron chi connectivity index (χ1n) is 11.0. The molecule has 1 aromatic rings. The van der Waals surface area contributed by atoms with Gasteiger partial charge in [-0.2, -0.15) is 0 Å². The fourth-order valence-electron chi connectivity index (χ4n) is 4.63. The van der Waals surface area contributed by atoms with Crippen molar-refractivity contribution in [3.63, 3.8) is 0 Å². The van der Waals surface area contributed by atoms with Gasteiger partial charge in [-0.1, -0.05) is 44.5 Å². The molecule has 2 heterocycles. The zero-order valence-corrected chi connectivity index (χ0v) is 19.2. The van der Waals surface area contributed by atoms with Gasteiger partial charge in [-0.05, 0) is 31.3 Å². The van der Waals surface area contributed by atoms with Crippen molar-refractivity contribution in [1.29, 1.82) is 0 Å². The number of halogens is 3. The van der Waals surface area contributed by atoms with Crippen molar-refractivity contribution >= 4 is 23.3 Å². The summed E-state index contributed by atoms with van der Waals surface area (Å²) in [6.45, 7) is 8.85. The molecule has 31 heavy (non-hydrogen) atoms.